The van der Waals surface area contributed by atoms with E-state index in [1.54, 1.807) is 0 Å². The van der Waals surface area contributed by atoms with E-state index >= 15 is 0 Å². The molecule has 648 valence electrons. The highest BCUT2D eigenvalue weighted by atomic mass is 32.2. The lowest BCUT2D eigenvalue weighted by molar-refractivity contribution is -0.432. The Kier molecular flexibility index (Phi) is 34.2. The lowest BCUT2D eigenvalue weighted by Gasteiger charge is -2.18. The highest BCUT2D eigenvalue weighted by molar-refractivity contribution is 7.94. The molecule has 46 nitrogen and oxygen atoms in total. The first kappa shape index (κ1) is 92.1. The Labute approximate surface area is 710 Å². The second-order valence-corrected chi connectivity index (χ2v) is 29.8. The van der Waals surface area contributed by atoms with Crippen LogP contribution in [0.15, 0.2) is 211 Å². The summed E-state index contributed by atoms with van der Waals surface area (Å²) < 4.78 is 99.8. The molecule has 2 aromatic heterocycles. The van der Waals surface area contributed by atoms with Crippen molar-refractivity contribution in [2.75, 3.05) is 87.9 Å². The number of hydrogen-bond acceptors (Lipinski definition) is 41. The first-order chi connectivity index (χ1) is 59.7. The molecule has 10 aromatic rings. The standard InChI is InChI=1S/C74H72N20O26S4/c95-64(96)43-9-1-13-47(35-43)87-91-51-17-21-55(60(39-51)113-27-5-31-121-119-117-105)76-70-81-69(82-71(83-70)77-57-23-19-53(41-62(57)115-29-7-33-123(107,108)109)93-89-49-15-3-11-45(37-49)66(99)100)75-26-25-59(68(103)104)80-74-85-72(78-56-22-18-52(40-61(56)114-28-6-32-122-120-118-106)92-88-48-14-2-10-44(36-48)65(97)98)84-73(86-74)79-58-24-20-54(42-63(58)116-30-8-34-124(110,111)112)94-90-50-16-4-12-46(38-50)67(101)102/h1-4,9-24,35-42,59,105-106H,5-8,25-34H2,(H,95,96)(H,97,98)(H,99,100)(H,101,102)(H,103,104)(H,107,108,109)(H,110,111,112)(H3,75,76,77,81,82,83)(H3,78,79,80,84,85,86). The van der Waals surface area contributed by atoms with Gasteiger partial charge in [0.2, 0.25) is 35.7 Å². The lowest BCUT2D eigenvalue weighted by atomic mass is 10.2. The largest absolute Gasteiger partial charge is 0.491 e. The zero-order chi connectivity index (χ0) is 88.4. The van der Waals surface area contributed by atoms with E-state index in [0.717, 1.165) is 24.1 Å². The van der Waals surface area contributed by atoms with E-state index in [0.29, 0.717) is 12.8 Å². The molecule has 1 atom stereocenters. The number of rotatable bonds is 51. The maximum absolute atomic E-state index is 13.6. The van der Waals surface area contributed by atoms with Crippen LogP contribution in [0.25, 0.3) is 0 Å². The predicted molar refractivity (Wildman–Crippen MR) is 445 cm³/mol. The zero-order valence-electron chi connectivity index (χ0n) is 64.0. The van der Waals surface area contributed by atoms with Gasteiger partial charge in [0.15, 0.2) is 0 Å². The van der Waals surface area contributed by atoms with E-state index in [-0.39, 0.29) is 207 Å². The molecule has 0 saturated heterocycles. The fourth-order valence-corrected chi connectivity index (χ4v) is 12.0. The summed E-state index contributed by atoms with van der Waals surface area (Å²) in [6.45, 7) is -0.897. The Balaban J connectivity index is 1.01. The average molecular weight is 1790 g/mol. The van der Waals surface area contributed by atoms with Crippen molar-refractivity contribution in [3.8, 4) is 23.0 Å². The Bertz CT molecular complexity index is 5810. The maximum Gasteiger partial charge on any atom is 0.335 e. The van der Waals surface area contributed by atoms with Crippen molar-refractivity contribution in [2.24, 2.45) is 40.9 Å². The van der Waals surface area contributed by atoms with Crippen LogP contribution in [-0.2, 0) is 43.8 Å². The van der Waals surface area contributed by atoms with Crippen molar-refractivity contribution < 1.29 is 124 Å². The number of carbonyl (C=O) groups is 5. The fraction of sp³-hybridized carbons (Fsp3) is 0.203. The first-order valence-electron chi connectivity index (χ1n) is 36.2. The molecule has 0 spiro atoms. The van der Waals surface area contributed by atoms with Gasteiger partial charge in [0.25, 0.3) is 20.2 Å². The first-order valence-corrected chi connectivity index (χ1v) is 41.2. The molecular weight excluding hydrogens is 1710 g/mol. The number of carboxylic acids is 5. The van der Waals surface area contributed by atoms with E-state index < -0.39 is 73.6 Å². The molecule has 0 aliphatic heterocycles. The molecule has 0 saturated carbocycles. The Morgan fingerprint density at radius 3 is 0.911 bits per heavy atom. The molecule has 0 aliphatic rings. The van der Waals surface area contributed by atoms with Gasteiger partial charge in [0.05, 0.1) is 128 Å². The average Bonchev–Trinajstić information content (AvgIpc) is 0.827. The summed E-state index contributed by atoms with van der Waals surface area (Å²) >= 11 is 1.54. The second-order valence-electron chi connectivity index (χ2n) is 25.1. The Morgan fingerprint density at radius 2 is 0.637 bits per heavy atom. The normalized spacial score (nSPS) is 11.8. The van der Waals surface area contributed by atoms with Crippen molar-refractivity contribution >= 4 is 178 Å². The van der Waals surface area contributed by atoms with E-state index in [2.05, 4.69) is 121 Å². The molecule has 8 aromatic carbocycles. The van der Waals surface area contributed by atoms with Crippen LogP contribution in [0, 0.1) is 0 Å². The number of nitrogens with one attached hydrogen (secondary N) is 6. The molecule has 2 heterocycles. The number of aliphatic carboxylic acids is 1. The third-order valence-electron chi connectivity index (χ3n) is 16.0. The van der Waals surface area contributed by atoms with Crippen LogP contribution in [0.1, 0.15) is 73.5 Å². The van der Waals surface area contributed by atoms with Crippen molar-refractivity contribution in [3.63, 3.8) is 0 Å². The number of nitrogens with zero attached hydrogens (tertiary/aromatic N) is 14. The molecule has 0 bridgehead atoms. The third kappa shape index (κ3) is 30.8. The second kappa shape index (κ2) is 46.0. The van der Waals surface area contributed by atoms with Gasteiger partial charge >= 0.3 is 29.8 Å². The van der Waals surface area contributed by atoms with Gasteiger partial charge in [-0.05, 0) is 153 Å². The molecule has 50 heteroatoms. The summed E-state index contributed by atoms with van der Waals surface area (Å²) in [6.07, 6.45) is -0.170. The summed E-state index contributed by atoms with van der Waals surface area (Å²) in [6, 6.07) is 38.6. The quantitative estimate of drug-likeness (QED) is 0.00420. The van der Waals surface area contributed by atoms with E-state index in [1.165, 1.54) is 170 Å². The number of ether oxygens (including phenoxy) is 4. The minimum absolute atomic E-state index is 0.00458. The van der Waals surface area contributed by atoms with Crippen LogP contribution < -0.4 is 50.8 Å². The van der Waals surface area contributed by atoms with Crippen molar-refractivity contribution in [2.45, 2.75) is 38.1 Å². The van der Waals surface area contributed by atoms with E-state index in [1.807, 2.05) is 0 Å². The molecule has 1 unspecified atom stereocenters. The number of hydrogen-bond donors (Lipinski definition) is 15. The molecular formula is C74H72N20O26S4. The van der Waals surface area contributed by atoms with Crippen LogP contribution >= 0.6 is 24.1 Å². The summed E-state index contributed by atoms with van der Waals surface area (Å²) in [7, 11) is -8.89. The molecule has 10 rings (SSSR count). The lowest BCUT2D eigenvalue weighted by Crippen LogP contribution is -2.32. The number of benzene rings is 8. The van der Waals surface area contributed by atoms with E-state index in [4.69, 9.17) is 29.5 Å². The number of anilines is 10. The summed E-state index contributed by atoms with van der Waals surface area (Å²) in [5.74, 6) is -8.69. The Morgan fingerprint density at radius 1 is 0.363 bits per heavy atom. The number of aromatic carboxylic acids is 4. The van der Waals surface area contributed by atoms with Crippen LogP contribution in [0.5, 0.6) is 23.0 Å². The smallest absolute Gasteiger partial charge is 0.335 e. The van der Waals surface area contributed by atoms with E-state index in [9.17, 15) is 75.4 Å². The summed E-state index contributed by atoms with van der Waals surface area (Å²) in [4.78, 5) is 88.3. The van der Waals surface area contributed by atoms with Crippen LogP contribution in [0.3, 0.4) is 0 Å². The highest BCUT2D eigenvalue weighted by Gasteiger charge is 2.24. The Hall–Kier alpha value is -14.2. The molecule has 15 N–H and O–H groups in total. The molecule has 0 radical (unpaired) electrons. The van der Waals surface area contributed by atoms with Gasteiger partial charge in [-0.2, -0.15) is 87.7 Å². The number of azo groups is 4. The van der Waals surface area contributed by atoms with Crippen LogP contribution in [0.2, 0.25) is 0 Å². The van der Waals surface area contributed by atoms with Crippen LogP contribution in [0.4, 0.5) is 104 Å². The van der Waals surface area contributed by atoms with Gasteiger partial charge in [0, 0.05) is 66.4 Å². The monoisotopic (exact) mass is 1780 g/mol. The van der Waals surface area contributed by atoms with Gasteiger partial charge in [-0.3, -0.25) is 9.11 Å². The molecule has 0 amide bonds. The molecule has 0 fully saturated rings. The zero-order valence-corrected chi connectivity index (χ0v) is 67.3. The minimum Gasteiger partial charge on any atom is -0.491 e. The maximum atomic E-state index is 13.6. The molecule has 0 aliphatic carbocycles. The van der Waals surface area contributed by atoms with Crippen molar-refractivity contribution in [1.29, 1.82) is 0 Å². The van der Waals surface area contributed by atoms with Crippen molar-refractivity contribution in [1.82, 2.24) is 29.9 Å². The van der Waals surface area contributed by atoms with Crippen molar-refractivity contribution in [3.05, 3.63) is 192 Å². The minimum atomic E-state index is -4.45. The predicted octanol–water partition coefficient (Wildman–Crippen LogP) is 15.8. The third-order valence-corrected chi connectivity index (χ3v) is 18.8. The summed E-state index contributed by atoms with van der Waals surface area (Å²) in [5, 5.41) is 126. The van der Waals surface area contributed by atoms with Crippen LogP contribution in [-0.4, -0.2) is 184 Å². The number of aromatic nitrogens is 6. The van der Waals surface area contributed by atoms with Gasteiger partial charge in [-0.1, -0.05) is 34.3 Å². The van der Waals surface area contributed by atoms with Gasteiger partial charge in [0.1, 0.15) is 29.0 Å². The van der Waals surface area contributed by atoms with Gasteiger partial charge in [-0.15, -0.1) is 8.67 Å². The summed E-state index contributed by atoms with van der Waals surface area (Å²) in [5.41, 5.74) is 1.73. The highest BCUT2D eigenvalue weighted by Crippen LogP contribution is 2.39. The SMILES string of the molecule is O=C(O)c1cccc(N=Nc2ccc(Nc3nc(NCCC(Nc4nc(Nc5ccc(N=Nc6cccc(C(=O)O)c6)cc5OCCCSOOO)nc(Nc5ccc(N=Nc6cccc(C(=O)O)c6)cc5OCCCS(=O)(=O)O)n4)C(=O)O)nc(Nc4ccc(N=Nc5cccc(C(=O)O)c5)cc4OCCCS(=O)(=O)O)n3)c(OCCCSOOO)c2)c1. The van der Waals surface area contributed by atoms with Gasteiger partial charge < -0.3 is 76.4 Å². The number of carboxylic acid groups (broad SMARTS) is 5. The van der Waals surface area contributed by atoms with Gasteiger partial charge in [-0.25, -0.2) is 34.5 Å². The fourth-order valence-electron chi connectivity index (χ4n) is 10.4. The molecule has 124 heavy (non-hydrogen) atoms. The topological polar surface area (TPSA) is 658 Å².